The van der Waals surface area contributed by atoms with Gasteiger partial charge < -0.3 is 24.8 Å². The number of para-hydroxylation sites is 1. The van der Waals surface area contributed by atoms with E-state index in [1.165, 1.54) is 23.4 Å². The molecular weight excluding hydrogens is 477 g/mol. The summed E-state index contributed by atoms with van der Waals surface area (Å²) < 4.78 is 20.1. The van der Waals surface area contributed by atoms with E-state index in [0.29, 0.717) is 18.7 Å². The highest BCUT2D eigenvalue weighted by Gasteiger charge is 2.48. The summed E-state index contributed by atoms with van der Waals surface area (Å²) in [6, 6.07) is 13.2. The summed E-state index contributed by atoms with van der Waals surface area (Å²) in [5.41, 5.74) is 0.478. The number of rotatable bonds is 9. The molecule has 0 saturated heterocycles. The lowest BCUT2D eigenvalue weighted by molar-refractivity contribution is -0.133. The van der Waals surface area contributed by atoms with Crippen LogP contribution in [0.4, 0.5) is 4.39 Å². The molecule has 10 heteroatoms. The number of halogens is 1. The number of amides is 3. The van der Waals surface area contributed by atoms with Gasteiger partial charge in [0.15, 0.2) is 5.69 Å². The van der Waals surface area contributed by atoms with Crippen molar-refractivity contribution in [3.05, 3.63) is 83.2 Å². The number of nitrogens with one attached hydrogen (secondary N) is 2. The van der Waals surface area contributed by atoms with Gasteiger partial charge in [0.05, 0.1) is 20.0 Å². The Bertz CT molecular complexity index is 1310. The smallest absolute Gasteiger partial charge is 0.273 e. The van der Waals surface area contributed by atoms with Crippen LogP contribution in [-0.2, 0) is 24.4 Å². The second kappa shape index (κ2) is 10.8. The Morgan fingerprint density at radius 2 is 1.84 bits per heavy atom. The van der Waals surface area contributed by atoms with Crippen LogP contribution in [0.15, 0.2) is 54.9 Å². The van der Waals surface area contributed by atoms with Crippen LogP contribution in [0.5, 0.6) is 5.75 Å². The van der Waals surface area contributed by atoms with Gasteiger partial charge in [0.2, 0.25) is 5.91 Å². The molecule has 3 amide bonds. The third-order valence-electron chi connectivity index (χ3n) is 6.51. The predicted molar refractivity (Wildman–Crippen MR) is 134 cm³/mol. The number of fused-ring (bicyclic) bond motifs is 1. The molecule has 4 rings (SSSR count). The molecular formula is C27H30FN5O4. The van der Waals surface area contributed by atoms with E-state index in [1.54, 1.807) is 36.8 Å². The van der Waals surface area contributed by atoms with Gasteiger partial charge in [-0.2, -0.15) is 0 Å². The highest BCUT2D eigenvalue weighted by atomic mass is 19.1. The first-order valence-electron chi connectivity index (χ1n) is 12.1. The second-order valence-electron chi connectivity index (χ2n) is 9.10. The summed E-state index contributed by atoms with van der Waals surface area (Å²) >= 11 is 0. The zero-order valence-corrected chi connectivity index (χ0v) is 21.1. The number of aromatic nitrogens is 2. The van der Waals surface area contributed by atoms with Crippen molar-refractivity contribution in [3.8, 4) is 5.75 Å². The Hall–Kier alpha value is -4.21. The quantitative estimate of drug-likeness (QED) is 0.463. The van der Waals surface area contributed by atoms with E-state index in [9.17, 15) is 18.8 Å². The third-order valence-corrected chi connectivity index (χ3v) is 6.51. The maximum absolute atomic E-state index is 13.6. The Morgan fingerprint density at radius 3 is 2.54 bits per heavy atom. The molecule has 0 spiro atoms. The minimum Gasteiger partial charge on any atom is -0.496 e. The predicted octanol–water partition coefficient (Wildman–Crippen LogP) is 2.90. The van der Waals surface area contributed by atoms with Gasteiger partial charge in [-0.15, -0.1) is 0 Å². The van der Waals surface area contributed by atoms with Crippen LogP contribution < -0.4 is 15.4 Å². The summed E-state index contributed by atoms with van der Waals surface area (Å²) in [7, 11) is 1.56. The van der Waals surface area contributed by atoms with Crippen LogP contribution in [0.1, 0.15) is 52.4 Å². The van der Waals surface area contributed by atoms with Gasteiger partial charge in [-0.3, -0.25) is 14.4 Å². The van der Waals surface area contributed by atoms with E-state index < -0.39 is 17.4 Å². The molecule has 1 atom stereocenters. The van der Waals surface area contributed by atoms with Crippen LogP contribution in [0.3, 0.4) is 0 Å². The number of imidazole rings is 1. The molecule has 2 aromatic carbocycles. The van der Waals surface area contributed by atoms with E-state index in [4.69, 9.17) is 4.74 Å². The number of benzene rings is 2. The number of nitrogens with zero attached hydrogens (tertiary/aromatic N) is 3. The van der Waals surface area contributed by atoms with E-state index in [-0.39, 0.29) is 42.7 Å². The first-order valence-corrected chi connectivity index (χ1v) is 12.1. The van der Waals surface area contributed by atoms with Crippen molar-refractivity contribution in [1.82, 2.24) is 25.1 Å². The second-order valence-corrected chi connectivity index (χ2v) is 9.10. The molecule has 0 radical (unpaired) electrons. The lowest BCUT2D eigenvalue weighted by Crippen LogP contribution is -2.64. The molecule has 1 aromatic heterocycles. The van der Waals surface area contributed by atoms with Crippen molar-refractivity contribution < 1.29 is 23.5 Å². The topological polar surface area (TPSA) is 106 Å². The maximum Gasteiger partial charge on any atom is 0.273 e. The molecule has 1 aliphatic rings. The van der Waals surface area contributed by atoms with E-state index in [0.717, 1.165) is 11.1 Å². The van der Waals surface area contributed by atoms with E-state index in [2.05, 4.69) is 15.6 Å². The van der Waals surface area contributed by atoms with Crippen LogP contribution in [0.25, 0.3) is 0 Å². The fourth-order valence-electron chi connectivity index (χ4n) is 4.51. The molecule has 9 nitrogen and oxygen atoms in total. The summed E-state index contributed by atoms with van der Waals surface area (Å²) in [6.07, 6.45) is 2.04. The van der Waals surface area contributed by atoms with E-state index in [1.807, 2.05) is 25.1 Å². The number of hydrogen-bond donors (Lipinski definition) is 2. The first-order chi connectivity index (χ1) is 17.8. The highest BCUT2D eigenvalue weighted by Crippen LogP contribution is 2.29. The number of ether oxygens (including phenoxy) is 1. The van der Waals surface area contributed by atoms with Gasteiger partial charge in [-0.05, 0) is 37.1 Å². The molecule has 3 aromatic rings. The number of hydrogen-bond acceptors (Lipinski definition) is 5. The monoisotopic (exact) mass is 507 g/mol. The van der Waals surface area contributed by atoms with Gasteiger partial charge in [0.1, 0.15) is 22.8 Å². The largest absolute Gasteiger partial charge is 0.496 e. The highest BCUT2D eigenvalue weighted by molar-refractivity contribution is 6.07. The Balaban J connectivity index is 1.54. The van der Waals surface area contributed by atoms with Crippen molar-refractivity contribution in [2.75, 3.05) is 13.7 Å². The van der Waals surface area contributed by atoms with Gasteiger partial charge in [-0.25, -0.2) is 9.37 Å². The number of carbonyl (C=O) groups is 3. The Morgan fingerprint density at radius 1 is 1.11 bits per heavy atom. The zero-order valence-electron chi connectivity index (χ0n) is 21.1. The average Bonchev–Trinajstić information content (AvgIpc) is 3.33. The van der Waals surface area contributed by atoms with Crippen molar-refractivity contribution >= 4 is 17.7 Å². The van der Waals surface area contributed by atoms with Gasteiger partial charge in [-0.1, -0.05) is 37.3 Å². The summed E-state index contributed by atoms with van der Waals surface area (Å²) in [5.74, 6) is -0.992. The normalized spacial score (nSPS) is 16.8. The average molecular weight is 508 g/mol. The molecule has 194 valence electrons. The van der Waals surface area contributed by atoms with Crippen molar-refractivity contribution in [2.24, 2.45) is 0 Å². The zero-order chi connectivity index (χ0) is 26.6. The van der Waals surface area contributed by atoms with Crippen LogP contribution in [-0.4, -0.2) is 51.4 Å². The summed E-state index contributed by atoms with van der Waals surface area (Å²) in [4.78, 5) is 45.8. The van der Waals surface area contributed by atoms with Crippen LogP contribution in [0.2, 0.25) is 0 Å². The van der Waals surface area contributed by atoms with E-state index >= 15 is 0 Å². The van der Waals surface area contributed by atoms with Crippen molar-refractivity contribution in [1.29, 1.82) is 0 Å². The fraction of sp³-hybridized carbons (Fsp3) is 0.333. The molecule has 0 aliphatic carbocycles. The molecule has 37 heavy (non-hydrogen) atoms. The Kier molecular flexibility index (Phi) is 7.56. The number of carbonyl (C=O) groups excluding carboxylic acids is 3. The van der Waals surface area contributed by atoms with Gasteiger partial charge in [0, 0.05) is 25.2 Å². The summed E-state index contributed by atoms with van der Waals surface area (Å²) in [6.45, 7) is 4.46. The molecule has 0 saturated carbocycles. The minimum atomic E-state index is -1.20. The Labute approximate surface area is 214 Å². The molecule has 2 heterocycles. The molecule has 0 bridgehead atoms. The summed E-state index contributed by atoms with van der Waals surface area (Å²) in [5, 5.41) is 5.68. The lowest BCUT2D eigenvalue weighted by Gasteiger charge is -2.43. The first kappa shape index (κ1) is 25.9. The van der Waals surface area contributed by atoms with Crippen molar-refractivity contribution in [2.45, 2.75) is 45.4 Å². The SMILES string of the molecule is CCCN1C(=O)c2c(C(=O)NCc3ccccc3OC)ncn2C[C@@]1(C)C(=O)NCc1ccc(F)cc1. The molecule has 0 unspecified atom stereocenters. The number of methoxy groups -OCH3 is 1. The van der Waals surface area contributed by atoms with Gasteiger partial charge in [0.25, 0.3) is 11.8 Å². The molecule has 2 N–H and O–H groups in total. The van der Waals surface area contributed by atoms with Crippen LogP contribution in [0, 0.1) is 5.82 Å². The minimum absolute atomic E-state index is 0.00905. The third kappa shape index (κ3) is 5.18. The van der Waals surface area contributed by atoms with Gasteiger partial charge >= 0.3 is 0 Å². The molecule has 1 aliphatic heterocycles. The lowest BCUT2D eigenvalue weighted by atomic mass is 9.94. The maximum atomic E-state index is 13.6. The molecule has 0 fully saturated rings. The fourth-order valence-corrected chi connectivity index (χ4v) is 4.51. The van der Waals surface area contributed by atoms with Crippen molar-refractivity contribution in [3.63, 3.8) is 0 Å². The van der Waals surface area contributed by atoms with Crippen LogP contribution >= 0.6 is 0 Å². The standard InChI is InChI=1S/C27H30FN5O4/c1-4-13-33-25(35)23-22(24(34)29-15-19-7-5-6-8-21(19)37-3)31-17-32(23)16-27(33,2)26(36)30-14-18-9-11-20(28)12-10-18/h5-12,17H,4,13-16H2,1-3H3,(H,29,34)(H,30,36)/t27-/m0/s1.